The molecule has 0 unspecified atom stereocenters. The van der Waals surface area contributed by atoms with E-state index in [4.69, 9.17) is 10.5 Å². The number of ether oxygens (including phenoxy) is 1. The fourth-order valence-corrected chi connectivity index (χ4v) is 1.06. The van der Waals surface area contributed by atoms with E-state index >= 15 is 0 Å². The summed E-state index contributed by atoms with van der Waals surface area (Å²) in [5.41, 5.74) is 6.12. The molecular weight excluding hydrogens is 192 g/mol. The first kappa shape index (κ1) is 11.5. The number of anilines is 1. The number of carbonyl (C=O) groups excluding carboxylic acids is 1. The van der Waals surface area contributed by atoms with Gasteiger partial charge in [0.05, 0.1) is 12.1 Å². The van der Waals surface area contributed by atoms with E-state index in [0.29, 0.717) is 24.4 Å². The lowest BCUT2D eigenvalue weighted by molar-refractivity contribution is -0.134. The summed E-state index contributed by atoms with van der Waals surface area (Å²) in [6, 6.07) is 6.97. The van der Waals surface area contributed by atoms with Crippen LogP contribution in [0.3, 0.4) is 0 Å². The van der Waals surface area contributed by atoms with Crippen LogP contribution < -0.4 is 10.5 Å². The van der Waals surface area contributed by atoms with Crippen LogP contribution in [-0.2, 0) is 4.79 Å². The molecule has 82 valence electrons. The van der Waals surface area contributed by atoms with Gasteiger partial charge in [-0.05, 0) is 26.2 Å². The second-order valence-corrected chi connectivity index (χ2v) is 3.57. The molecule has 0 saturated heterocycles. The summed E-state index contributed by atoms with van der Waals surface area (Å²) in [6.45, 7) is 0.672. The molecule has 0 atom stereocenters. The number of rotatable bonds is 4. The fraction of sp³-hybridized carbons (Fsp3) is 0.364. The molecule has 0 aliphatic carbocycles. The van der Waals surface area contributed by atoms with Gasteiger partial charge in [0.1, 0.15) is 0 Å². The maximum atomic E-state index is 11.4. The van der Waals surface area contributed by atoms with Crippen LogP contribution in [0.2, 0.25) is 0 Å². The zero-order chi connectivity index (χ0) is 11.3. The first-order valence-electron chi connectivity index (χ1n) is 4.79. The minimum atomic E-state index is -0.262. The number of hydrogen-bond acceptors (Lipinski definition) is 4. The van der Waals surface area contributed by atoms with Crippen molar-refractivity contribution in [3.8, 4) is 5.75 Å². The maximum Gasteiger partial charge on any atom is 0.312 e. The van der Waals surface area contributed by atoms with Crippen molar-refractivity contribution in [2.24, 2.45) is 0 Å². The number of nitrogens with zero attached hydrogens (tertiary/aromatic N) is 1. The predicted octanol–water partition coefficient (Wildman–Crippen LogP) is 1.13. The highest BCUT2D eigenvalue weighted by molar-refractivity contribution is 5.74. The Morgan fingerprint density at radius 3 is 2.67 bits per heavy atom. The first-order chi connectivity index (χ1) is 7.09. The Balaban J connectivity index is 2.48. The van der Waals surface area contributed by atoms with E-state index < -0.39 is 0 Å². The molecular formula is C11H16N2O2. The van der Waals surface area contributed by atoms with Gasteiger partial charge in [-0.2, -0.15) is 0 Å². The Morgan fingerprint density at radius 2 is 2.07 bits per heavy atom. The van der Waals surface area contributed by atoms with E-state index in [2.05, 4.69) is 0 Å². The van der Waals surface area contributed by atoms with Gasteiger partial charge in [-0.15, -0.1) is 0 Å². The monoisotopic (exact) mass is 208 g/mol. The molecule has 0 heterocycles. The number of nitrogens with two attached hydrogens (primary N) is 1. The van der Waals surface area contributed by atoms with E-state index in [-0.39, 0.29) is 5.97 Å². The number of carbonyl (C=O) groups is 1. The standard InChI is InChI=1S/C11H16N2O2/c1-13(2)8-7-11(14)15-10-6-4-3-5-9(10)12/h3-6H,7-8,12H2,1-2H3. The molecule has 0 fully saturated rings. The predicted molar refractivity (Wildman–Crippen MR) is 59.7 cm³/mol. The largest absolute Gasteiger partial charge is 0.424 e. The number of hydrogen-bond donors (Lipinski definition) is 1. The third-order valence-corrected chi connectivity index (χ3v) is 1.91. The minimum absolute atomic E-state index is 0.262. The van der Waals surface area contributed by atoms with Crippen molar-refractivity contribution >= 4 is 11.7 Å². The lowest BCUT2D eigenvalue weighted by atomic mass is 10.3. The molecule has 1 aromatic carbocycles. The van der Waals surface area contributed by atoms with Crippen LogP contribution in [0.15, 0.2) is 24.3 Å². The van der Waals surface area contributed by atoms with Crippen LogP contribution in [-0.4, -0.2) is 31.5 Å². The Hall–Kier alpha value is -1.55. The van der Waals surface area contributed by atoms with E-state index in [9.17, 15) is 4.79 Å². The Bertz CT molecular complexity index is 337. The van der Waals surface area contributed by atoms with Crippen LogP contribution in [0.4, 0.5) is 5.69 Å². The summed E-state index contributed by atoms with van der Waals surface area (Å²) in [4.78, 5) is 13.3. The second kappa shape index (κ2) is 5.36. The van der Waals surface area contributed by atoms with E-state index in [1.807, 2.05) is 19.0 Å². The summed E-state index contributed by atoms with van der Waals surface area (Å²) >= 11 is 0. The number of benzene rings is 1. The smallest absolute Gasteiger partial charge is 0.312 e. The summed E-state index contributed by atoms with van der Waals surface area (Å²) in [5, 5.41) is 0. The molecule has 1 aromatic rings. The van der Waals surface area contributed by atoms with Crippen molar-refractivity contribution in [1.29, 1.82) is 0 Å². The van der Waals surface area contributed by atoms with Crippen molar-refractivity contribution in [1.82, 2.24) is 4.90 Å². The Labute approximate surface area is 89.6 Å². The molecule has 4 heteroatoms. The topological polar surface area (TPSA) is 55.6 Å². The number of nitrogen functional groups attached to an aromatic ring is 1. The SMILES string of the molecule is CN(C)CCC(=O)Oc1ccccc1N. The highest BCUT2D eigenvalue weighted by Crippen LogP contribution is 2.19. The van der Waals surface area contributed by atoms with E-state index in [1.54, 1.807) is 24.3 Å². The van der Waals surface area contributed by atoms with Crippen molar-refractivity contribution < 1.29 is 9.53 Å². The maximum absolute atomic E-state index is 11.4. The van der Waals surface area contributed by atoms with Crippen molar-refractivity contribution in [3.63, 3.8) is 0 Å². The molecule has 1 rings (SSSR count). The summed E-state index contributed by atoms with van der Waals surface area (Å²) in [6.07, 6.45) is 0.362. The van der Waals surface area contributed by atoms with Gasteiger partial charge < -0.3 is 15.4 Å². The number of para-hydroxylation sites is 2. The van der Waals surface area contributed by atoms with Crippen LogP contribution in [0.1, 0.15) is 6.42 Å². The highest BCUT2D eigenvalue weighted by atomic mass is 16.5. The van der Waals surface area contributed by atoms with Crippen molar-refractivity contribution in [2.75, 3.05) is 26.4 Å². The van der Waals surface area contributed by atoms with Crippen LogP contribution in [0.5, 0.6) is 5.75 Å². The van der Waals surface area contributed by atoms with Crippen LogP contribution in [0.25, 0.3) is 0 Å². The zero-order valence-corrected chi connectivity index (χ0v) is 9.06. The Morgan fingerprint density at radius 1 is 1.40 bits per heavy atom. The molecule has 0 amide bonds. The van der Waals surface area contributed by atoms with E-state index in [1.165, 1.54) is 0 Å². The third kappa shape index (κ3) is 3.99. The minimum Gasteiger partial charge on any atom is -0.424 e. The van der Waals surface area contributed by atoms with Gasteiger partial charge in [0, 0.05) is 6.54 Å². The lowest BCUT2D eigenvalue weighted by Crippen LogP contribution is -2.19. The summed E-state index contributed by atoms with van der Waals surface area (Å²) in [7, 11) is 3.81. The zero-order valence-electron chi connectivity index (χ0n) is 9.06. The second-order valence-electron chi connectivity index (χ2n) is 3.57. The van der Waals surface area contributed by atoms with Crippen LogP contribution in [0, 0.1) is 0 Å². The average Bonchev–Trinajstić information content (AvgIpc) is 2.18. The van der Waals surface area contributed by atoms with Crippen LogP contribution >= 0.6 is 0 Å². The van der Waals surface area contributed by atoms with Gasteiger partial charge in [0.15, 0.2) is 5.75 Å². The molecule has 0 radical (unpaired) electrons. The number of esters is 1. The molecule has 0 aliphatic heterocycles. The first-order valence-corrected chi connectivity index (χ1v) is 4.79. The third-order valence-electron chi connectivity index (χ3n) is 1.91. The quantitative estimate of drug-likeness (QED) is 0.458. The fourth-order valence-electron chi connectivity index (χ4n) is 1.06. The van der Waals surface area contributed by atoms with Gasteiger partial charge in [0.2, 0.25) is 0 Å². The average molecular weight is 208 g/mol. The molecule has 0 spiro atoms. The van der Waals surface area contributed by atoms with Gasteiger partial charge in [-0.1, -0.05) is 12.1 Å². The summed E-state index contributed by atoms with van der Waals surface area (Å²) < 4.78 is 5.10. The molecule has 0 aliphatic rings. The normalized spacial score (nSPS) is 10.3. The molecule has 4 nitrogen and oxygen atoms in total. The molecule has 0 bridgehead atoms. The lowest BCUT2D eigenvalue weighted by Gasteiger charge is -2.09. The Kier molecular flexibility index (Phi) is 4.12. The van der Waals surface area contributed by atoms with Crippen molar-refractivity contribution in [3.05, 3.63) is 24.3 Å². The van der Waals surface area contributed by atoms with Gasteiger partial charge in [-0.3, -0.25) is 4.79 Å². The van der Waals surface area contributed by atoms with Gasteiger partial charge in [0.25, 0.3) is 0 Å². The van der Waals surface area contributed by atoms with E-state index in [0.717, 1.165) is 0 Å². The molecule has 15 heavy (non-hydrogen) atoms. The summed E-state index contributed by atoms with van der Waals surface area (Å²) in [5.74, 6) is 0.169. The highest BCUT2D eigenvalue weighted by Gasteiger charge is 2.07. The molecule has 2 N–H and O–H groups in total. The molecule has 0 saturated carbocycles. The van der Waals surface area contributed by atoms with Gasteiger partial charge >= 0.3 is 5.97 Å². The molecule has 0 aromatic heterocycles. The van der Waals surface area contributed by atoms with Crippen molar-refractivity contribution in [2.45, 2.75) is 6.42 Å². The van der Waals surface area contributed by atoms with Gasteiger partial charge in [-0.25, -0.2) is 0 Å².